The number of rotatable bonds is 9. The van der Waals surface area contributed by atoms with Crippen molar-refractivity contribution in [2.45, 2.75) is 49.9 Å². The number of ketones is 1. The second kappa shape index (κ2) is 13.1. The van der Waals surface area contributed by atoms with E-state index in [1.807, 2.05) is 60.7 Å². The quantitative estimate of drug-likeness (QED) is 0.101. The van der Waals surface area contributed by atoms with Crippen molar-refractivity contribution in [1.29, 1.82) is 0 Å². The molecule has 0 bridgehead atoms. The second-order valence-corrected chi connectivity index (χ2v) is 10.4. The van der Waals surface area contributed by atoms with Crippen molar-refractivity contribution in [2.24, 2.45) is 5.16 Å². The van der Waals surface area contributed by atoms with Crippen LogP contribution in [0.15, 0.2) is 98.2 Å². The van der Waals surface area contributed by atoms with Crippen LogP contribution in [0.3, 0.4) is 0 Å². The Morgan fingerprint density at radius 2 is 1.46 bits per heavy atom. The molecule has 1 amide bonds. The van der Waals surface area contributed by atoms with Gasteiger partial charge in [0.1, 0.15) is 5.58 Å². The fourth-order valence-electron chi connectivity index (χ4n) is 4.05. The van der Waals surface area contributed by atoms with Gasteiger partial charge in [0.25, 0.3) is 5.91 Å². The summed E-state index contributed by atoms with van der Waals surface area (Å²) in [4.78, 5) is 59.5. The topological polar surface area (TPSA) is 115 Å². The predicted octanol–water partition coefficient (Wildman–Crippen LogP) is 6.19. The van der Waals surface area contributed by atoms with E-state index < -0.39 is 23.9 Å². The van der Waals surface area contributed by atoms with E-state index in [0.717, 1.165) is 20.2 Å². The van der Waals surface area contributed by atoms with Gasteiger partial charge in [0.05, 0.1) is 11.8 Å². The van der Waals surface area contributed by atoms with Gasteiger partial charge in [-0.3, -0.25) is 14.4 Å². The summed E-state index contributed by atoms with van der Waals surface area (Å²) in [7, 11) is 0. The average Bonchev–Trinajstić information content (AvgIpc) is 3.38. The maximum atomic E-state index is 12.9. The Morgan fingerprint density at radius 1 is 0.854 bits per heavy atom. The molecule has 10 heteroatoms. The molecule has 0 fully saturated rings. The lowest BCUT2D eigenvalue weighted by Crippen LogP contribution is -2.39. The Labute approximate surface area is 241 Å². The highest BCUT2D eigenvalue weighted by molar-refractivity contribution is 7.99. The molecular weight excluding hydrogens is 544 g/mol. The minimum atomic E-state index is -0.626. The monoisotopic (exact) mass is 572 g/mol. The second-order valence-electron chi connectivity index (χ2n) is 9.23. The van der Waals surface area contributed by atoms with Gasteiger partial charge in [-0.1, -0.05) is 47.2 Å². The van der Waals surface area contributed by atoms with Gasteiger partial charge < -0.3 is 14.1 Å². The van der Waals surface area contributed by atoms with Gasteiger partial charge in [0.2, 0.25) is 5.78 Å². The first-order valence-corrected chi connectivity index (χ1v) is 13.6. The minimum absolute atomic E-state index is 0.160. The number of amides is 1. The number of fused-ring (bicyclic) bond motifs is 1. The number of furan rings is 1. The molecule has 1 unspecified atom stereocenters. The molecule has 210 valence electrons. The van der Waals surface area contributed by atoms with E-state index in [2.05, 4.69) is 5.16 Å². The molecule has 1 aromatic heterocycles. The molecule has 0 aliphatic carbocycles. The van der Waals surface area contributed by atoms with Crippen LogP contribution in [0, 0.1) is 0 Å². The summed E-state index contributed by atoms with van der Waals surface area (Å²) in [5.41, 5.74) is 2.26. The summed E-state index contributed by atoms with van der Waals surface area (Å²) in [6, 6.07) is 23.3. The van der Waals surface area contributed by atoms with Crippen LogP contribution in [0.25, 0.3) is 11.0 Å². The molecular formula is C31H28N2O7S. The summed E-state index contributed by atoms with van der Waals surface area (Å²) in [5, 5.41) is 5.82. The standard InChI is InChI=1S/C31H28N2O7S/c1-19(33(20(2)34)40-22(4)36)17-28(32-39-21(3)35)23-9-13-26(14-10-23)41-27-15-11-24(12-16-27)31(37)30-18-25-7-5-6-8-29(25)38-30/h5-16,18-19H,17H2,1-4H3. The number of hydrogen-bond donors (Lipinski definition) is 0. The van der Waals surface area contributed by atoms with Crippen LogP contribution in [0.1, 0.15) is 55.8 Å². The first kappa shape index (κ1) is 29.3. The number of oxime groups is 1. The molecule has 0 aliphatic rings. The van der Waals surface area contributed by atoms with Gasteiger partial charge in [-0.15, -0.1) is 0 Å². The third-order valence-corrected chi connectivity index (χ3v) is 6.92. The SMILES string of the molecule is CC(=O)ON=C(CC(C)N(OC(C)=O)C(C)=O)c1ccc(Sc2ccc(C(=O)c3cc4ccccc4o3)cc2)cc1. The Morgan fingerprint density at radius 3 is 2.02 bits per heavy atom. The highest BCUT2D eigenvalue weighted by Gasteiger charge is 2.23. The van der Waals surface area contributed by atoms with Gasteiger partial charge in [-0.05, 0) is 61.0 Å². The zero-order valence-electron chi connectivity index (χ0n) is 23.0. The van der Waals surface area contributed by atoms with E-state index in [1.165, 1.54) is 32.5 Å². The molecule has 3 aromatic carbocycles. The number of carbonyl (C=O) groups is 4. The van der Waals surface area contributed by atoms with Gasteiger partial charge in [-0.25, -0.2) is 4.79 Å². The molecule has 41 heavy (non-hydrogen) atoms. The highest BCUT2D eigenvalue weighted by Crippen LogP contribution is 2.29. The number of hydrogen-bond acceptors (Lipinski definition) is 9. The highest BCUT2D eigenvalue weighted by atomic mass is 32.2. The summed E-state index contributed by atoms with van der Waals surface area (Å²) < 4.78 is 5.70. The summed E-state index contributed by atoms with van der Waals surface area (Å²) in [6.45, 7) is 5.43. The maximum Gasteiger partial charge on any atom is 0.331 e. The minimum Gasteiger partial charge on any atom is -0.453 e. The van der Waals surface area contributed by atoms with E-state index in [0.29, 0.717) is 28.2 Å². The van der Waals surface area contributed by atoms with E-state index in [9.17, 15) is 19.2 Å². The molecule has 0 radical (unpaired) electrons. The largest absolute Gasteiger partial charge is 0.453 e. The van der Waals surface area contributed by atoms with Crippen molar-refractivity contribution in [3.05, 3.63) is 95.7 Å². The summed E-state index contributed by atoms with van der Waals surface area (Å²) >= 11 is 1.51. The zero-order valence-corrected chi connectivity index (χ0v) is 23.8. The summed E-state index contributed by atoms with van der Waals surface area (Å²) in [5.74, 6) is -1.56. The Balaban J connectivity index is 1.46. The molecule has 0 aliphatic heterocycles. The van der Waals surface area contributed by atoms with Crippen molar-refractivity contribution < 1.29 is 33.3 Å². The molecule has 1 atom stereocenters. The number of carbonyl (C=O) groups excluding carboxylic acids is 4. The molecule has 0 saturated carbocycles. The van der Waals surface area contributed by atoms with E-state index in [1.54, 1.807) is 25.1 Å². The molecule has 0 spiro atoms. The third kappa shape index (κ3) is 7.70. The smallest absolute Gasteiger partial charge is 0.331 e. The van der Waals surface area contributed by atoms with Crippen molar-refractivity contribution in [2.75, 3.05) is 0 Å². The van der Waals surface area contributed by atoms with Gasteiger partial charge >= 0.3 is 11.9 Å². The van der Waals surface area contributed by atoms with Gasteiger partial charge in [0.15, 0.2) is 5.76 Å². The normalized spacial score (nSPS) is 12.0. The van der Waals surface area contributed by atoms with Crippen LogP contribution in [-0.2, 0) is 24.1 Å². The first-order valence-electron chi connectivity index (χ1n) is 12.7. The predicted molar refractivity (Wildman–Crippen MR) is 153 cm³/mol. The Kier molecular flexibility index (Phi) is 9.36. The van der Waals surface area contributed by atoms with Crippen LogP contribution >= 0.6 is 11.8 Å². The van der Waals surface area contributed by atoms with Crippen LogP contribution in [0.4, 0.5) is 0 Å². The lowest BCUT2D eigenvalue weighted by Gasteiger charge is -2.26. The fourth-order valence-corrected chi connectivity index (χ4v) is 4.87. The molecule has 4 aromatic rings. The van der Waals surface area contributed by atoms with E-state index >= 15 is 0 Å². The lowest BCUT2D eigenvalue weighted by atomic mass is 10.0. The van der Waals surface area contributed by atoms with Crippen molar-refractivity contribution >= 4 is 52.1 Å². The number of benzene rings is 3. The van der Waals surface area contributed by atoms with Crippen molar-refractivity contribution in [1.82, 2.24) is 5.06 Å². The Bertz CT molecular complexity index is 1570. The molecule has 4 rings (SSSR count). The number of hydroxylamine groups is 2. The average molecular weight is 573 g/mol. The number of nitrogens with zero attached hydrogens (tertiary/aromatic N) is 2. The maximum absolute atomic E-state index is 12.9. The number of para-hydroxylation sites is 1. The van der Waals surface area contributed by atoms with Crippen LogP contribution in [0.2, 0.25) is 0 Å². The van der Waals surface area contributed by atoms with Gasteiger partial charge in [-0.2, -0.15) is 5.06 Å². The molecule has 0 N–H and O–H groups in total. The third-order valence-electron chi connectivity index (χ3n) is 5.90. The van der Waals surface area contributed by atoms with E-state index in [4.69, 9.17) is 14.1 Å². The summed E-state index contributed by atoms with van der Waals surface area (Å²) in [6.07, 6.45) is 0.160. The van der Waals surface area contributed by atoms with Crippen LogP contribution < -0.4 is 0 Å². The Hall–Kier alpha value is -4.70. The van der Waals surface area contributed by atoms with Gasteiger partial charge in [0, 0.05) is 47.9 Å². The molecule has 1 heterocycles. The first-order chi connectivity index (χ1) is 19.6. The van der Waals surface area contributed by atoms with Crippen molar-refractivity contribution in [3.63, 3.8) is 0 Å². The van der Waals surface area contributed by atoms with Crippen molar-refractivity contribution in [3.8, 4) is 0 Å². The van der Waals surface area contributed by atoms with Crippen LogP contribution in [-0.4, -0.2) is 40.4 Å². The molecule has 0 saturated heterocycles. The van der Waals surface area contributed by atoms with Crippen LogP contribution in [0.5, 0.6) is 0 Å². The lowest BCUT2D eigenvalue weighted by molar-refractivity contribution is -0.202. The molecule has 9 nitrogen and oxygen atoms in total. The zero-order chi connectivity index (χ0) is 29.5. The fraction of sp³-hybridized carbons (Fsp3) is 0.194. The van der Waals surface area contributed by atoms with E-state index in [-0.39, 0.29) is 12.2 Å².